The Morgan fingerprint density at radius 2 is 1.44 bits per heavy atom. The van der Waals surface area contributed by atoms with Crippen LogP contribution in [0.25, 0.3) is 55.7 Å². The second-order valence-corrected chi connectivity index (χ2v) is 15.1. The van der Waals surface area contributed by atoms with Crippen LogP contribution in [0.1, 0.15) is 95.6 Å². The molecule has 5 heteroatoms. The van der Waals surface area contributed by atoms with Crippen LogP contribution in [0.4, 0.5) is 0 Å². The van der Waals surface area contributed by atoms with Crippen LogP contribution >= 0.6 is 0 Å². The molecule has 0 saturated carbocycles. The van der Waals surface area contributed by atoms with Crippen LogP contribution in [-0.4, -0.2) is 15.0 Å². The fourth-order valence-corrected chi connectivity index (χ4v) is 6.42. The van der Waals surface area contributed by atoms with Crippen molar-refractivity contribution in [2.45, 2.75) is 80.2 Å². The van der Waals surface area contributed by atoms with Gasteiger partial charge in [0.2, 0.25) is 5.71 Å². The summed E-state index contributed by atoms with van der Waals surface area (Å²) in [5, 5.41) is 1.20. The van der Waals surface area contributed by atoms with Crippen LogP contribution in [0, 0.1) is 45.0 Å². The minimum Gasteiger partial charge on any atom is -0.486 e. The maximum absolute atomic E-state index is 9.13. The standard InChI is InChI=1S/C29H27N2O.C23H24N.Ir/c1-18-9-12-21(13-10-18)16-29(4,5)25-15-26(30-17-19(25)2)24-8-6-7-22-23-14-11-20(3)31-28(23)32-27(22)24;1-17-5-9-20(10-6-17)22-15-21(13-14-24-22)19-11-7-18(8-12-19)16-23(2,3)4;/h6-7,9-15,17H,16H2,1-5H3;5-9,11-15H,16H2,1-4H3;/q2*-1;/i1D3,2D3,3D3,16D2;1D3,16D2;. The number of rotatable bonds is 7. The van der Waals surface area contributed by atoms with E-state index in [4.69, 9.17) is 26.3 Å². The summed E-state index contributed by atoms with van der Waals surface area (Å²) in [4.78, 5) is 13.0. The quantitative estimate of drug-likeness (QED) is 0.149. The van der Waals surface area contributed by atoms with E-state index in [9.17, 15) is 0 Å². The summed E-state index contributed by atoms with van der Waals surface area (Å²) < 4.78 is 134. The summed E-state index contributed by atoms with van der Waals surface area (Å²) in [6, 6.07) is 35.6. The zero-order valence-corrected chi connectivity index (χ0v) is 34.5. The average Bonchev–Trinajstić information content (AvgIpc) is 3.69. The zero-order chi connectivity index (χ0) is 53.2. The number of pyridine rings is 3. The smallest absolute Gasteiger partial charge is 0.216 e. The number of furan rings is 1. The number of aromatic nitrogens is 3. The third-order valence-electron chi connectivity index (χ3n) is 9.06. The molecule has 8 rings (SSSR count). The van der Waals surface area contributed by atoms with E-state index in [1.165, 1.54) is 48.7 Å². The Balaban J connectivity index is 0.000000253. The van der Waals surface area contributed by atoms with Gasteiger partial charge in [0.15, 0.2) is 0 Å². The van der Waals surface area contributed by atoms with Gasteiger partial charge in [0, 0.05) is 65.5 Å². The van der Waals surface area contributed by atoms with Crippen molar-refractivity contribution in [3.8, 4) is 33.6 Å². The third kappa shape index (κ3) is 9.85. The molecule has 0 saturated heterocycles. The zero-order valence-electron chi connectivity index (χ0n) is 48.1. The van der Waals surface area contributed by atoms with E-state index in [0.29, 0.717) is 33.2 Å². The van der Waals surface area contributed by atoms with Gasteiger partial charge in [0.1, 0.15) is 0 Å². The average molecular weight is 942 g/mol. The first-order valence-electron chi connectivity index (χ1n) is 26.1. The molecule has 1 radical (unpaired) electrons. The first-order valence-corrected chi connectivity index (χ1v) is 18.1. The summed E-state index contributed by atoms with van der Waals surface area (Å²) in [6.45, 7) is -0.698. The van der Waals surface area contributed by atoms with E-state index < -0.39 is 51.0 Å². The molecule has 4 nitrogen and oxygen atoms in total. The monoisotopic (exact) mass is 942 g/mol. The number of nitrogens with zero attached hydrogens (tertiary/aromatic N) is 3. The molecule has 0 unspecified atom stereocenters. The van der Waals surface area contributed by atoms with Gasteiger partial charge in [-0.25, -0.2) is 4.98 Å². The van der Waals surface area contributed by atoms with Crippen molar-refractivity contribution in [1.82, 2.24) is 15.0 Å². The van der Waals surface area contributed by atoms with Crippen molar-refractivity contribution < 1.29 is 46.5 Å². The number of fused-ring (bicyclic) bond motifs is 3. The summed E-state index contributed by atoms with van der Waals surface area (Å²) in [5.41, 5.74) is 3.50. The van der Waals surface area contributed by atoms with Gasteiger partial charge in [-0.15, -0.1) is 53.6 Å². The molecular formula is C52H51IrN3O-2. The van der Waals surface area contributed by atoms with Gasteiger partial charge in [-0.1, -0.05) is 119 Å². The number of hydrogen-bond acceptors (Lipinski definition) is 4. The van der Waals surface area contributed by atoms with E-state index in [1.54, 1.807) is 50.4 Å². The van der Waals surface area contributed by atoms with Crippen molar-refractivity contribution >= 4 is 22.1 Å². The van der Waals surface area contributed by atoms with Crippen molar-refractivity contribution in [2.24, 2.45) is 5.41 Å². The van der Waals surface area contributed by atoms with Crippen LogP contribution in [0.3, 0.4) is 0 Å². The number of benzene rings is 4. The van der Waals surface area contributed by atoms with Crippen molar-refractivity contribution in [3.05, 3.63) is 173 Å². The molecule has 0 spiro atoms. The maximum Gasteiger partial charge on any atom is 0.216 e. The Labute approximate surface area is 374 Å². The fourth-order valence-electron chi connectivity index (χ4n) is 6.42. The SMILES string of the molecule is [2H]C([2H])([2H])c1c[c-]c(-c2cc(-c3ccc(C([2H])([2H])C(C)(C)C)cc3)ccn2)cc1.[2H]C([2H])([2H])c1ccc(C([2H])([2H])C(C)(C)c2cc(-c3[c-]ccc4c3oc3nc(C([2H])([2H])[2H])ccc34)ncc2C([2H])([2H])[2H])cc1.[Ir]. The Morgan fingerprint density at radius 3 is 2.14 bits per heavy atom. The second-order valence-electron chi connectivity index (χ2n) is 15.1. The molecule has 0 fully saturated rings. The molecule has 0 aliphatic rings. The first-order chi connectivity index (χ1) is 33.1. The van der Waals surface area contributed by atoms with E-state index in [0.717, 1.165) is 16.7 Å². The molecule has 0 N–H and O–H groups in total. The molecule has 4 aromatic carbocycles. The largest absolute Gasteiger partial charge is 0.486 e. The van der Waals surface area contributed by atoms with Gasteiger partial charge in [-0.3, -0.25) is 0 Å². The van der Waals surface area contributed by atoms with E-state index in [1.807, 2.05) is 57.2 Å². The molecule has 0 amide bonds. The normalized spacial score (nSPS) is 17.1. The van der Waals surface area contributed by atoms with Crippen LogP contribution in [0.15, 0.2) is 126 Å². The molecule has 0 aliphatic heterocycles. The molecular weight excluding hydrogens is 875 g/mol. The van der Waals surface area contributed by atoms with Crippen LogP contribution in [-0.2, 0) is 38.3 Å². The third-order valence-corrected chi connectivity index (χ3v) is 9.06. The Morgan fingerprint density at radius 1 is 0.684 bits per heavy atom. The summed E-state index contributed by atoms with van der Waals surface area (Å²) in [6.07, 6.45) is -0.677. The predicted octanol–water partition coefficient (Wildman–Crippen LogP) is 13.4. The summed E-state index contributed by atoms with van der Waals surface area (Å²) in [5.74, 6) is 0. The van der Waals surface area contributed by atoms with Crippen molar-refractivity contribution in [3.63, 3.8) is 0 Å². The van der Waals surface area contributed by atoms with Crippen molar-refractivity contribution in [2.75, 3.05) is 0 Å². The van der Waals surface area contributed by atoms with Gasteiger partial charge in [0.05, 0.1) is 5.58 Å². The van der Waals surface area contributed by atoms with Gasteiger partial charge in [-0.2, -0.15) is 0 Å². The predicted molar refractivity (Wildman–Crippen MR) is 233 cm³/mol. The van der Waals surface area contributed by atoms with Crippen LogP contribution in [0.5, 0.6) is 0 Å². The van der Waals surface area contributed by atoms with E-state index in [2.05, 4.69) is 27.1 Å². The first kappa shape index (κ1) is 25.2. The number of hydrogen-bond donors (Lipinski definition) is 0. The molecule has 0 bridgehead atoms. The van der Waals surface area contributed by atoms with Gasteiger partial charge >= 0.3 is 0 Å². The molecule has 0 aliphatic carbocycles. The van der Waals surface area contributed by atoms with E-state index >= 15 is 0 Å². The maximum atomic E-state index is 9.13. The number of aryl methyl sites for hydroxylation is 4. The van der Waals surface area contributed by atoms with Crippen LogP contribution < -0.4 is 0 Å². The summed E-state index contributed by atoms with van der Waals surface area (Å²) in [7, 11) is 0. The molecule has 4 aromatic heterocycles. The Hall–Kier alpha value is -5.22. The molecule has 8 aromatic rings. The van der Waals surface area contributed by atoms with Crippen LogP contribution in [0.2, 0.25) is 0 Å². The molecule has 57 heavy (non-hydrogen) atoms. The molecule has 291 valence electrons. The van der Waals surface area contributed by atoms with Crippen molar-refractivity contribution in [1.29, 1.82) is 0 Å². The second kappa shape index (κ2) is 17.1. The molecule has 4 heterocycles. The van der Waals surface area contributed by atoms with E-state index in [-0.39, 0.29) is 65.0 Å². The Kier molecular flexibility index (Phi) is 7.56. The minimum absolute atomic E-state index is 0. The fraction of sp³-hybridized carbons (Fsp3) is 0.250. The summed E-state index contributed by atoms with van der Waals surface area (Å²) >= 11 is 0. The van der Waals surface area contributed by atoms with Gasteiger partial charge in [0.25, 0.3) is 0 Å². The minimum atomic E-state index is -2.62. The Bertz CT molecular complexity index is 3240. The van der Waals surface area contributed by atoms with Gasteiger partial charge < -0.3 is 14.4 Å². The molecule has 0 atom stereocenters. The topological polar surface area (TPSA) is 51.8 Å². The van der Waals surface area contributed by atoms with Gasteiger partial charge in [-0.05, 0) is 107 Å².